The highest BCUT2D eigenvalue weighted by Gasteiger charge is 2.31. The second-order valence-electron chi connectivity index (χ2n) is 6.16. The second-order valence-corrected chi connectivity index (χ2v) is 6.16. The lowest BCUT2D eigenvalue weighted by atomic mass is 10.1. The van der Waals surface area contributed by atoms with Crippen molar-refractivity contribution >= 4 is 6.03 Å². The lowest BCUT2D eigenvalue weighted by Gasteiger charge is -2.25. The summed E-state index contributed by atoms with van der Waals surface area (Å²) in [6, 6.07) is 3.57. The fraction of sp³-hybridized carbons (Fsp3) is 0.471. The molecule has 1 fully saturated rings. The molecule has 0 saturated carbocycles. The Morgan fingerprint density at radius 2 is 2.00 bits per heavy atom. The Hall–Kier alpha value is -1.95. The summed E-state index contributed by atoms with van der Waals surface area (Å²) in [5, 5.41) is 2.86. The standard InChI is InChI=1S/C17H21F2N3O/c1-12(13-4-5-15(18)16(19)10-13)20-17(23)22-9-6-14(11-22)21-7-2-3-8-21/h2-5,10,12,14H,6-9,11H2,1H3,(H,20,23). The number of likely N-dealkylation sites (tertiary alicyclic amines) is 1. The molecule has 2 heterocycles. The van der Waals surface area contributed by atoms with Crippen LogP contribution < -0.4 is 5.32 Å². The number of nitrogens with zero attached hydrogens (tertiary/aromatic N) is 2. The van der Waals surface area contributed by atoms with Gasteiger partial charge in [-0.25, -0.2) is 13.6 Å². The SMILES string of the molecule is CC(NC(=O)N1CCC(N2CC=CC2)C1)c1ccc(F)c(F)c1. The van der Waals surface area contributed by atoms with Gasteiger partial charge in [-0.2, -0.15) is 0 Å². The van der Waals surface area contributed by atoms with Crippen LogP contribution >= 0.6 is 0 Å². The van der Waals surface area contributed by atoms with Gasteiger partial charge in [-0.3, -0.25) is 4.90 Å². The Morgan fingerprint density at radius 1 is 1.26 bits per heavy atom. The molecule has 2 amide bonds. The fourth-order valence-corrected chi connectivity index (χ4v) is 3.16. The third-order valence-corrected chi connectivity index (χ3v) is 4.60. The summed E-state index contributed by atoms with van der Waals surface area (Å²) >= 11 is 0. The molecule has 2 aliphatic heterocycles. The van der Waals surface area contributed by atoms with E-state index in [1.165, 1.54) is 6.07 Å². The Bertz CT molecular complexity index is 612. The molecule has 2 atom stereocenters. The maximum atomic E-state index is 13.3. The first kappa shape index (κ1) is 15.9. The van der Waals surface area contributed by atoms with E-state index in [0.717, 1.165) is 38.2 Å². The van der Waals surface area contributed by atoms with Gasteiger partial charge in [-0.1, -0.05) is 18.2 Å². The minimum Gasteiger partial charge on any atom is -0.331 e. The number of benzene rings is 1. The average Bonchev–Trinajstić information content (AvgIpc) is 3.20. The van der Waals surface area contributed by atoms with Gasteiger partial charge in [-0.15, -0.1) is 0 Å². The van der Waals surface area contributed by atoms with Gasteiger partial charge in [0.25, 0.3) is 0 Å². The predicted octanol–water partition coefficient (Wildman–Crippen LogP) is 2.68. The Balaban J connectivity index is 1.55. The number of nitrogens with one attached hydrogen (secondary N) is 1. The van der Waals surface area contributed by atoms with E-state index in [2.05, 4.69) is 22.4 Å². The zero-order valence-electron chi connectivity index (χ0n) is 13.1. The summed E-state index contributed by atoms with van der Waals surface area (Å²) in [4.78, 5) is 16.5. The number of urea groups is 1. The molecular formula is C17H21F2N3O. The molecule has 1 N–H and O–H groups in total. The van der Waals surface area contributed by atoms with Gasteiger partial charge in [0, 0.05) is 32.2 Å². The normalized spacial score (nSPS) is 22.6. The number of halogens is 2. The lowest BCUT2D eigenvalue weighted by molar-refractivity contribution is 0.197. The van der Waals surface area contributed by atoms with Crippen LogP contribution in [0, 0.1) is 11.6 Å². The monoisotopic (exact) mass is 321 g/mol. The number of carbonyl (C=O) groups is 1. The number of rotatable bonds is 3. The molecule has 0 bridgehead atoms. The molecule has 0 spiro atoms. The van der Waals surface area contributed by atoms with Crippen LogP contribution in [-0.4, -0.2) is 48.1 Å². The summed E-state index contributed by atoms with van der Waals surface area (Å²) in [7, 11) is 0. The van der Waals surface area contributed by atoms with Crippen LogP contribution in [0.5, 0.6) is 0 Å². The second kappa shape index (κ2) is 6.66. The van der Waals surface area contributed by atoms with Gasteiger partial charge in [0.1, 0.15) is 0 Å². The molecule has 3 rings (SSSR count). The van der Waals surface area contributed by atoms with Crippen LogP contribution in [0.4, 0.5) is 13.6 Å². The van der Waals surface area contributed by atoms with E-state index >= 15 is 0 Å². The summed E-state index contributed by atoms with van der Waals surface area (Å²) in [6.45, 7) is 5.09. The highest BCUT2D eigenvalue weighted by Crippen LogP contribution is 2.20. The molecule has 23 heavy (non-hydrogen) atoms. The zero-order chi connectivity index (χ0) is 16.4. The first-order valence-corrected chi connectivity index (χ1v) is 7.94. The number of hydrogen-bond acceptors (Lipinski definition) is 2. The number of amides is 2. The smallest absolute Gasteiger partial charge is 0.317 e. The van der Waals surface area contributed by atoms with Crippen molar-refractivity contribution in [3.8, 4) is 0 Å². The highest BCUT2D eigenvalue weighted by atomic mass is 19.2. The summed E-state index contributed by atoms with van der Waals surface area (Å²) < 4.78 is 26.3. The molecule has 6 heteroatoms. The van der Waals surface area contributed by atoms with Crippen molar-refractivity contribution in [3.05, 3.63) is 47.5 Å². The van der Waals surface area contributed by atoms with Crippen molar-refractivity contribution in [1.29, 1.82) is 0 Å². The number of carbonyl (C=O) groups excluding carboxylic acids is 1. The molecule has 2 unspecified atom stereocenters. The van der Waals surface area contributed by atoms with Crippen LogP contribution in [0.1, 0.15) is 24.9 Å². The van der Waals surface area contributed by atoms with Gasteiger partial charge in [0.15, 0.2) is 11.6 Å². The Morgan fingerprint density at radius 3 is 2.70 bits per heavy atom. The van der Waals surface area contributed by atoms with Crippen molar-refractivity contribution in [2.75, 3.05) is 26.2 Å². The molecule has 0 radical (unpaired) electrons. The quantitative estimate of drug-likeness (QED) is 0.869. The van der Waals surface area contributed by atoms with Crippen molar-refractivity contribution in [1.82, 2.24) is 15.1 Å². The van der Waals surface area contributed by atoms with E-state index in [1.54, 1.807) is 11.8 Å². The van der Waals surface area contributed by atoms with E-state index in [0.29, 0.717) is 18.2 Å². The van der Waals surface area contributed by atoms with E-state index < -0.39 is 11.6 Å². The molecule has 1 aromatic rings. The maximum Gasteiger partial charge on any atom is 0.317 e. The Labute approximate surface area is 134 Å². The summed E-state index contributed by atoms with van der Waals surface area (Å²) in [5.41, 5.74) is 0.553. The largest absolute Gasteiger partial charge is 0.331 e. The van der Waals surface area contributed by atoms with Gasteiger partial charge < -0.3 is 10.2 Å². The molecule has 1 aromatic carbocycles. The van der Waals surface area contributed by atoms with Crippen molar-refractivity contribution in [2.45, 2.75) is 25.4 Å². The molecule has 1 saturated heterocycles. The van der Waals surface area contributed by atoms with Crippen molar-refractivity contribution < 1.29 is 13.6 Å². The third kappa shape index (κ3) is 3.52. The van der Waals surface area contributed by atoms with Gasteiger partial charge in [-0.05, 0) is 31.0 Å². The van der Waals surface area contributed by atoms with Gasteiger partial charge in [0.2, 0.25) is 0 Å². The van der Waals surface area contributed by atoms with Crippen molar-refractivity contribution in [2.24, 2.45) is 0 Å². The molecule has 0 aromatic heterocycles. The lowest BCUT2D eigenvalue weighted by Crippen LogP contribution is -2.42. The third-order valence-electron chi connectivity index (χ3n) is 4.60. The van der Waals surface area contributed by atoms with Gasteiger partial charge in [0.05, 0.1) is 6.04 Å². The molecular weight excluding hydrogens is 300 g/mol. The topological polar surface area (TPSA) is 35.6 Å². The van der Waals surface area contributed by atoms with Crippen LogP contribution in [0.3, 0.4) is 0 Å². The Kier molecular flexibility index (Phi) is 4.61. The summed E-state index contributed by atoms with van der Waals surface area (Å²) in [5.74, 6) is -1.78. The summed E-state index contributed by atoms with van der Waals surface area (Å²) in [6.07, 6.45) is 5.26. The van der Waals surface area contributed by atoms with E-state index in [4.69, 9.17) is 0 Å². The molecule has 2 aliphatic rings. The highest BCUT2D eigenvalue weighted by molar-refractivity contribution is 5.75. The minimum absolute atomic E-state index is 0.156. The maximum absolute atomic E-state index is 13.3. The average molecular weight is 321 g/mol. The van der Waals surface area contributed by atoms with Crippen LogP contribution in [0.2, 0.25) is 0 Å². The van der Waals surface area contributed by atoms with Crippen LogP contribution in [-0.2, 0) is 0 Å². The molecule has 0 aliphatic carbocycles. The first-order valence-electron chi connectivity index (χ1n) is 7.94. The van der Waals surface area contributed by atoms with E-state index in [-0.39, 0.29) is 12.1 Å². The molecule has 4 nitrogen and oxygen atoms in total. The first-order chi connectivity index (χ1) is 11.0. The number of hydrogen-bond donors (Lipinski definition) is 1. The van der Waals surface area contributed by atoms with E-state index in [1.807, 2.05) is 0 Å². The predicted molar refractivity (Wildman–Crippen MR) is 84.0 cm³/mol. The van der Waals surface area contributed by atoms with Crippen LogP contribution in [0.15, 0.2) is 30.4 Å². The van der Waals surface area contributed by atoms with Crippen molar-refractivity contribution in [3.63, 3.8) is 0 Å². The fourth-order valence-electron chi connectivity index (χ4n) is 3.16. The van der Waals surface area contributed by atoms with Crippen LogP contribution in [0.25, 0.3) is 0 Å². The minimum atomic E-state index is -0.897. The van der Waals surface area contributed by atoms with Gasteiger partial charge >= 0.3 is 6.03 Å². The van der Waals surface area contributed by atoms with E-state index in [9.17, 15) is 13.6 Å². The zero-order valence-corrected chi connectivity index (χ0v) is 13.1. The molecule has 124 valence electrons.